The fourth-order valence-corrected chi connectivity index (χ4v) is 7.49. The summed E-state index contributed by atoms with van der Waals surface area (Å²) in [6.07, 6.45) is 0. The van der Waals surface area contributed by atoms with Crippen LogP contribution in [0.4, 0.5) is 5.69 Å². The van der Waals surface area contributed by atoms with Crippen molar-refractivity contribution in [3.63, 3.8) is 0 Å². The number of nitriles is 2. The second-order valence-electron chi connectivity index (χ2n) is 12.2. The van der Waals surface area contributed by atoms with Crippen LogP contribution in [0.25, 0.3) is 82.1 Å². The van der Waals surface area contributed by atoms with Gasteiger partial charge in [0.2, 0.25) is 5.69 Å². The molecule has 2 heterocycles. The third-order valence-corrected chi connectivity index (χ3v) is 9.64. The molecule has 5 nitrogen and oxygen atoms in total. The lowest BCUT2D eigenvalue weighted by molar-refractivity contribution is 1.18. The van der Waals surface area contributed by atoms with Crippen molar-refractivity contribution in [2.45, 2.75) is 0 Å². The van der Waals surface area contributed by atoms with Crippen LogP contribution >= 0.6 is 0 Å². The third-order valence-electron chi connectivity index (χ3n) is 9.64. The van der Waals surface area contributed by atoms with Crippen molar-refractivity contribution < 1.29 is 0 Å². The largest absolute Gasteiger partial charge is 0.319 e. The lowest BCUT2D eigenvalue weighted by Gasteiger charge is -2.17. The first kappa shape index (κ1) is 28.8. The molecule has 0 N–H and O–H groups in total. The van der Waals surface area contributed by atoms with Gasteiger partial charge >= 0.3 is 0 Å². The standard InChI is InChI=1S/C45H25N5/c1-48-40-16-9-15-37-35-11-3-5-17-41(35)49(45(37)40)31-23-21-30(22-24-31)32-13-8-14-33(39(32)28-47)34-10-2-6-18-42(34)50-43-19-7-4-12-36(43)38-26-29(27-46)20-25-44(38)50/h2-26H. The predicted molar refractivity (Wildman–Crippen MR) is 202 cm³/mol. The van der Waals surface area contributed by atoms with Crippen molar-refractivity contribution >= 4 is 49.3 Å². The van der Waals surface area contributed by atoms with Crippen LogP contribution in [0.1, 0.15) is 11.1 Å². The molecule has 0 bridgehead atoms. The Morgan fingerprint density at radius 3 is 1.88 bits per heavy atom. The summed E-state index contributed by atoms with van der Waals surface area (Å²) >= 11 is 0. The molecule has 0 fully saturated rings. The number of fused-ring (bicyclic) bond motifs is 6. The Morgan fingerprint density at radius 2 is 1.12 bits per heavy atom. The smallest absolute Gasteiger partial charge is 0.211 e. The number of rotatable bonds is 4. The van der Waals surface area contributed by atoms with Crippen molar-refractivity contribution in [3.8, 4) is 45.8 Å². The summed E-state index contributed by atoms with van der Waals surface area (Å²) in [4.78, 5) is 3.85. The Morgan fingerprint density at radius 1 is 0.500 bits per heavy atom. The van der Waals surface area contributed by atoms with Crippen LogP contribution in [-0.4, -0.2) is 9.13 Å². The molecule has 0 saturated heterocycles. The zero-order chi connectivity index (χ0) is 33.8. The summed E-state index contributed by atoms with van der Waals surface area (Å²) in [5, 5.41) is 24.6. The molecule has 0 saturated carbocycles. The Bertz CT molecular complexity index is 2960. The Hall–Kier alpha value is -7.39. The molecule has 2 aromatic heterocycles. The van der Waals surface area contributed by atoms with Gasteiger partial charge in [0.05, 0.1) is 51.5 Å². The number of para-hydroxylation sites is 4. The maximum atomic E-state index is 10.7. The number of benzene rings is 7. The lowest BCUT2D eigenvalue weighted by Crippen LogP contribution is -1.99. The van der Waals surface area contributed by atoms with E-state index >= 15 is 0 Å². The van der Waals surface area contributed by atoms with Crippen LogP contribution in [0.5, 0.6) is 0 Å². The molecule has 0 unspecified atom stereocenters. The maximum absolute atomic E-state index is 10.7. The van der Waals surface area contributed by atoms with E-state index in [0.717, 1.165) is 77.2 Å². The highest BCUT2D eigenvalue weighted by Gasteiger charge is 2.20. The van der Waals surface area contributed by atoms with Crippen LogP contribution in [0.3, 0.4) is 0 Å². The van der Waals surface area contributed by atoms with Gasteiger partial charge in [0.25, 0.3) is 0 Å². The van der Waals surface area contributed by atoms with Gasteiger partial charge in [-0.25, -0.2) is 4.85 Å². The van der Waals surface area contributed by atoms with Gasteiger partial charge in [0, 0.05) is 38.5 Å². The molecular weight excluding hydrogens is 611 g/mol. The molecule has 0 spiro atoms. The van der Waals surface area contributed by atoms with E-state index in [1.54, 1.807) is 0 Å². The molecule has 5 heteroatoms. The van der Waals surface area contributed by atoms with E-state index in [2.05, 4.69) is 92.8 Å². The van der Waals surface area contributed by atoms with Gasteiger partial charge in [-0.3, -0.25) is 0 Å². The summed E-state index contributed by atoms with van der Waals surface area (Å²) in [5.41, 5.74) is 11.2. The highest BCUT2D eigenvalue weighted by Crippen LogP contribution is 2.41. The molecule has 0 radical (unpaired) electrons. The van der Waals surface area contributed by atoms with Crippen molar-refractivity contribution in [3.05, 3.63) is 174 Å². The van der Waals surface area contributed by atoms with Crippen LogP contribution in [0, 0.1) is 29.2 Å². The van der Waals surface area contributed by atoms with Crippen molar-refractivity contribution in [2.24, 2.45) is 0 Å². The maximum Gasteiger partial charge on any atom is 0.211 e. The first-order chi connectivity index (χ1) is 24.7. The first-order valence-corrected chi connectivity index (χ1v) is 16.3. The minimum atomic E-state index is 0.590. The fourth-order valence-electron chi connectivity index (χ4n) is 7.49. The van der Waals surface area contributed by atoms with Gasteiger partial charge in [-0.05, 0) is 59.5 Å². The van der Waals surface area contributed by atoms with Gasteiger partial charge in [-0.2, -0.15) is 10.5 Å². The van der Waals surface area contributed by atoms with Crippen LogP contribution < -0.4 is 0 Å². The Balaban J connectivity index is 1.20. The molecule has 0 atom stereocenters. The minimum absolute atomic E-state index is 0.590. The highest BCUT2D eigenvalue weighted by atomic mass is 15.0. The molecule has 0 aliphatic rings. The number of aromatic nitrogens is 2. The van der Waals surface area contributed by atoms with E-state index < -0.39 is 0 Å². The predicted octanol–water partition coefficient (Wildman–Crippen LogP) is 11.5. The van der Waals surface area contributed by atoms with E-state index in [4.69, 9.17) is 6.57 Å². The second kappa shape index (κ2) is 11.4. The number of hydrogen-bond donors (Lipinski definition) is 0. The normalized spacial score (nSPS) is 11.1. The van der Waals surface area contributed by atoms with E-state index in [0.29, 0.717) is 16.8 Å². The topological polar surface area (TPSA) is 61.8 Å². The fraction of sp³-hybridized carbons (Fsp3) is 0. The zero-order valence-corrected chi connectivity index (χ0v) is 26.7. The van der Waals surface area contributed by atoms with Gasteiger partial charge in [0.1, 0.15) is 6.07 Å². The first-order valence-electron chi connectivity index (χ1n) is 16.3. The van der Waals surface area contributed by atoms with E-state index in [1.165, 1.54) is 0 Å². The van der Waals surface area contributed by atoms with Crippen LogP contribution in [-0.2, 0) is 0 Å². The Kier molecular flexibility index (Phi) is 6.56. The molecule has 7 aromatic carbocycles. The van der Waals surface area contributed by atoms with Gasteiger partial charge in [-0.15, -0.1) is 0 Å². The molecule has 9 rings (SSSR count). The summed E-state index contributed by atoms with van der Waals surface area (Å²) in [5.74, 6) is 0. The summed E-state index contributed by atoms with van der Waals surface area (Å²) < 4.78 is 4.39. The lowest BCUT2D eigenvalue weighted by atomic mass is 9.91. The Labute approximate surface area is 288 Å². The minimum Gasteiger partial charge on any atom is -0.319 e. The molecule has 230 valence electrons. The number of hydrogen-bond acceptors (Lipinski definition) is 2. The monoisotopic (exact) mass is 635 g/mol. The average Bonchev–Trinajstić information content (AvgIpc) is 3.70. The van der Waals surface area contributed by atoms with Gasteiger partial charge in [0.15, 0.2) is 0 Å². The molecule has 9 aromatic rings. The van der Waals surface area contributed by atoms with Crippen molar-refractivity contribution in [2.75, 3.05) is 0 Å². The van der Waals surface area contributed by atoms with Crippen molar-refractivity contribution in [1.29, 1.82) is 10.5 Å². The summed E-state index contributed by atoms with van der Waals surface area (Å²) in [6.45, 7) is 7.87. The van der Waals surface area contributed by atoms with Crippen molar-refractivity contribution in [1.82, 2.24) is 9.13 Å². The molecule has 0 aliphatic heterocycles. The van der Waals surface area contributed by atoms with Gasteiger partial charge in [-0.1, -0.05) is 103 Å². The quantitative estimate of drug-likeness (QED) is 0.181. The molecular formula is C45H25N5. The van der Waals surface area contributed by atoms with E-state index in [1.807, 2.05) is 84.9 Å². The SMILES string of the molecule is [C-]#[N+]c1cccc2c3ccccc3n(-c3ccc(-c4cccc(-c5ccccc5-n5c6ccccc6c6cc(C#N)ccc65)c4C#N)cc3)c12. The van der Waals surface area contributed by atoms with Crippen LogP contribution in [0.2, 0.25) is 0 Å². The second-order valence-corrected chi connectivity index (χ2v) is 12.2. The third kappa shape index (κ3) is 4.24. The number of nitrogens with zero attached hydrogens (tertiary/aromatic N) is 5. The molecule has 0 aliphatic carbocycles. The molecule has 0 amide bonds. The summed E-state index contributed by atoms with van der Waals surface area (Å²) in [7, 11) is 0. The average molecular weight is 636 g/mol. The van der Waals surface area contributed by atoms with E-state index in [9.17, 15) is 10.5 Å². The van der Waals surface area contributed by atoms with E-state index in [-0.39, 0.29) is 0 Å². The molecule has 50 heavy (non-hydrogen) atoms. The van der Waals surface area contributed by atoms with Crippen LogP contribution in [0.15, 0.2) is 152 Å². The highest BCUT2D eigenvalue weighted by molar-refractivity contribution is 6.13. The van der Waals surface area contributed by atoms with Gasteiger partial charge < -0.3 is 9.13 Å². The zero-order valence-electron chi connectivity index (χ0n) is 26.7. The summed E-state index contributed by atoms with van der Waals surface area (Å²) in [6, 6.07) is 55.4.